The lowest BCUT2D eigenvalue weighted by atomic mass is 9.84. The Balaban J connectivity index is 1.97. The Labute approximate surface area is 106 Å². The molecule has 0 amide bonds. The molecule has 0 aromatic carbocycles. The molecule has 3 heteroatoms. The van der Waals surface area contributed by atoms with Gasteiger partial charge in [-0.05, 0) is 41.4 Å². The van der Waals surface area contributed by atoms with Crippen molar-refractivity contribution in [3.05, 3.63) is 22.6 Å². The fraction of sp³-hybridized carbons (Fsp3) is 0.692. The molecule has 1 saturated carbocycles. The first-order valence-electron chi connectivity index (χ1n) is 6.21. The van der Waals surface area contributed by atoms with Gasteiger partial charge in [-0.2, -0.15) is 0 Å². The van der Waals surface area contributed by atoms with Crippen LogP contribution >= 0.6 is 15.9 Å². The van der Waals surface area contributed by atoms with Crippen molar-refractivity contribution in [1.82, 2.24) is 5.32 Å². The van der Waals surface area contributed by atoms with E-state index in [0.717, 1.165) is 16.2 Å². The Morgan fingerprint density at radius 1 is 1.44 bits per heavy atom. The molecule has 0 radical (unpaired) electrons. The van der Waals surface area contributed by atoms with E-state index in [1.54, 1.807) is 6.26 Å². The second-order valence-electron chi connectivity index (χ2n) is 4.71. The summed E-state index contributed by atoms with van der Waals surface area (Å²) < 4.78 is 6.64. The Kier molecular flexibility index (Phi) is 4.47. The summed E-state index contributed by atoms with van der Waals surface area (Å²) in [5, 5.41) is 3.37. The molecule has 1 aromatic heterocycles. The van der Waals surface area contributed by atoms with Crippen molar-refractivity contribution in [2.45, 2.75) is 44.6 Å². The summed E-state index contributed by atoms with van der Waals surface area (Å²) in [6.07, 6.45) is 9.95. The smallest absolute Gasteiger partial charge is 0.134 e. The molecule has 1 heterocycles. The zero-order valence-electron chi connectivity index (χ0n) is 9.84. The number of furan rings is 1. The van der Waals surface area contributed by atoms with Crippen LogP contribution < -0.4 is 5.32 Å². The van der Waals surface area contributed by atoms with Gasteiger partial charge in [0.25, 0.3) is 0 Å². The third-order valence-corrected chi connectivity index (χ3v) is 4.26. The number of nitrogens with one attached hydrogen (secondary N) is 1. The van der Waals surface area contributed by atoms with Gasteiger partial charge in [0.1, 0.15) is 5.76 Å². The van der Waals surface area contributed by atoms with E-state index in [-0.39, 0.29) is 0 Å². The highest BCUT2D eigenvalue weighted by atomic mass is 79.9. The Morgan fingerprint density at radius 2 is 2.19 bits per heavy atom. The largest absolute Gasteiger partial charge is 0.466 e. The predicted molar refractivity (Wildman–Crippen MR) is 69.4 cm³/mol. The fourth-order valence-electron chi connectivity index (χ4n) is 2.67. The number of hydrogen-bond acceptors (Lipinski definition) is 2. The summed E-state index contributed by atoms with van der Waals surface area (Å²) in [5.74, 6) is 1.91. The first kappa shape index (κ1) is 12.2. The normalized spacial score (nSPS) is 19.9. The van der Waals surface area contributed by atoms with Crippen LogP contribution in [0.4, 0.5) is 0 Å². The molecule has 90 valence electrons. The minimum atomic E-state index is 0.354. The lowest BCUT2D eigenvalue weighted by Crippen LogP contribution is -2.21. The summed E-state index contributed by atoms with van der Waals surface area (Å²) in [4.78, 5) is 0. The van der Waals surface area contributed by atoms with Gasteiger partial charge in [-0.25, -0.2) is 0 Å². The van der Waals surface area contributed by atoms with Gasteiger partial charge < -0.3 is 9.73 Å². The highest BCUT2D eigenvalue weighted by Crippen LogP contribution is 2.34. The molecule has 1 aliphatic rings. The van der Waals surface area contributed by atoms with Crippen molar-refractivity contribution in [2.75, 3.05) is 7.05 Å². The maximum absolute atomic E-state index is 5.55. The standard InChI is InChI=1S/C13H20BrNO/c1-15-12(13-11(14)7-8-16-13)9-10-5-3-2-4-6-10/h7-8,10,12,15H,2-6,9H2,1H3. The highest BCUT2D eigenvalue weighted by Gasteiger charge is 2.22. The molecular weight excluding hydrogens is 266 g/mol. The maximum Gasteiger partial charge on any atom is 0.134 e. The van der Waals surface area contributed by atoms with Crippen molar-refractivity contribution in [3.8, 4) is 0 Å². The molecule has 0 saturated heterocycles. The predicted octanol–water partition coefficient (Wildman–Crippen LogP) is 4.27. The van der Waals surface area contributed by atoms with E-state index >= 15 is 0 Å². The van der Waals surface area contributed by atoms with Crippen molar-refractivity contribution in [3.63, 3.8) is 0 Å². The summed E-state index contributed by atoms with van der Waals surface area (Å²) >= 11 is 3.54. The topological polar surface area (TPSA) is 25.2 Å². The van der Waals surface area contributed by atoms with Crippen LogP contribution in [0.3, 0.4) is 0 Å². The zero-order chi connectivity index (χ0) is 11.4. The van der Waals surface area contributed by atoms with E-state index in [9.17, 15) is 0 Å². The summed E-state index contributed by atoms with van der Waals surface area (Å²) in [6.45, 7) is 0. The second kappa shape index (κ2) is 5.87. The monoisotopic (exact) mass is 285 g/mol. The molecule has 0 bridgehead atoms. The molecule has 0 spiro atoms. The quantitative estimate of drug-likeness (QED) is 0.894. The van der Waals surface area contributed by atoms with Crippen LogP contribution in [0.2, 0.25) is 0 Å². The molecule has 1 aromatic rings. The van der Waals surface area contributed by atoms with Crippen molar-refractivity contribution >= 4 is 15.9 Å². The third-order valence-electron chi connectivity index (χ3n) is 3.60. The summed E-state index contributed by atoms with van der Waals surface area (Å²) in [7, 11) is 2.02. The van der Waals surface area contributed by atoms with Crippen LogP contribution in [0.15, 0.2) is 21.2 Å². The molecule has 1 aliphatic carbocycles. The Hall–Kier alpha value is -0.280. The fourth-order valence-corrected chi connectivity index (χ4v) is 3.14. The number of halogens is 1. The molecule has 1 unspecified atom stereocenters. The van der Waals surface area contributed by atoms with Crippen LogP contribution in [-0.2, 0) is 0 Å². The van der Waals surface area contributed by atoms with Gasteiger partial charge in [0.15, 0.2) is 0 Å². The molecular formula is C13H20BrNO. The van der Waals surface area contributed by atoms with Gasteiger partial charge in [-0.1, -0.05) is 32.1 Å². The van der Waals surface area contributed by atoms with E-state index in [2.05, 4.69) is 21.2 Å². The van der Waals surface area contributed by atoms with Gasteiger partial charge in [0, 0.05) is 0 Å². The van der Waals surface area contributed by atoms with Crippen molar-refractivity contribution in [1.29, 1.82) is 0 Å². The van der Waals surface area contributed by atoms with Gasteiger partial charge in [0.2, 0.25) is 0 Å². The SMILES string of the molecule is CNC(CC1CCCCC1)c1occc1Br. The van der Waals surface area contributed by atoms with Crippen LogP contribution in [-0.4, -0.2) is 7.05 Å². The van der Waals surface area contributed by atoms with Crippen molar-refractivity contribution in [2.24, 2.45) is 5.92 Å². The van der Waals surface area contributed by atoms with Gasteiger partial charge in [-0.15, -0.1) is 0 Å². The van der Waals surface area contributed by atoms with E-state index in [1.165, 1.54) is 38.5 Å². The van der Waals surface area contributed by atoms with Gasteiger partial charge in [0.05, 0.1) is 16.8 Å². The molecule has 2 rings (SSSR count). The zero-order valence-corrected chi connectivity index (χ0v) is 11.4. The van der Waals surface area contributed by atoms with Crippen LogP contribution in [0.5, 0.6) is 0 Å². The van der Waals surface area contributed by atoms with E-state index in [4.69, 9.17) is 4.42 Å². The second-order valence-corrected chi connectivity index (χ2v) is 5.57. The molecule has 1 atom stereocenters. The lowest BCUT2D eigenvalue weighted by molar-refractivity contribution is 0.286. The third kappa shape index (κ3) is 2.89. The van der Waals surface area contributed by atoms with Crippen LogP contribution in [0.1, 0.15) is 50.3 Å². The van der Waals surface area contributed by atoms with E-state index in [1.807, 2.05) is 13.1 Å². The summed E-state index contributed by atoms with van der Waals surface area (Å²) in [5.41, 5.74) is 0. The lowest BCUT2D eigenvalue weighted by Gasteiger charge is -2.25. The van der Waals surface area contributed by atoms with E-state index < -0.39 is 0 Å². The Morgan fingerprint density at radius 3 is 2.75 bits per heavy atom. The van der Waals surface area contributed by atoms with Gasteiger partial charge >= 0.3 is 0 Å². The van der Waals surface area contributed by atoms with Crippen LogP contribution in [0.25, 0.3) is 0 Å². The van der Waals surface area contributed by atoms with Gasteiger partial charge in [-0.3, -0.25) is 0 Å². The number of hydrogen-bond donors (Lipinski definition) is 1. The highest BCUT2D eigenvalue weighted by molar-refractivity contribution is 9.10. The van der Waals surface area contributed by atoms with Crippen LogP contribution in [0, 0.1) is 5.92 Å². The summed E-state index contributed by atoms with van der Waals surface area (Å²) in [6, 6.07) is 2.33. The molecule has 2 nitrogen and oxygen atoms in total. The van der Waals surface area contributed by atoms with Crippen molar-refractivity contribution < 1.29 is 4.42 Å². The molecule has 16 heavy (non-hydrogen) atoms. The molecule has 1 N–H and O–H groups in total. The average Bonchev–Trinajstić information content (AvgIpc) is 2.74. The minimum absolute atomic E-state index is 0.354. The minimum Gasteiger partial charge on any atom is -0.466 e. The first-order chi connectivity index (χ1) is 7.81. The Bertz CT molecular complexity index is 317. The first-order valence-corrected chi connectivity index (χ1v) is 7.00. The number of rotatable bonds is 4. The average molecular weight is 286 g/mol. The van der Waals surface area contributed by atoms with E-state index in [0.29, 0.717) is 6.04 Å². The molecule has 0 aliphatic heterocycles. The maximum atomic E-state index is 5.55. The molecule has 1 fully saturated rings.